The summed E-state index contributed by atoms with van der Waals surface area (Å²) in [6, 6.07) is 0. The van der Waals surface area contributed by atoms with Crippen molar-refractivity contribution in [3.63, 3.8) is 0 Å². The molecule has 0 heterocycles. The normalized spacial score (nSPS) is 13.1. The number of nitrogens with one attached hydrogen (secondary N) is 1. The Kier molecular flexibility index (Phi) is 4.57. The second-order valence-electron chi connectivity index (χ2n) is 2.93. The number of guanidine groups is 1. The van der Waals surface area contributed by atoms with Gasteiger partial charge in [0.05, 0.1) is 0 Å². The Morgan fingerprint density at radius 3 is 2.14 bits per heavy atom. The molecule has 14 heavy (non-hydrogen) atoms. The molecule has 0 aromatic heterocycles. The number of hydrogen-bond donors (Lipinski definition) is 2. The lowest BCUT2D eigenvalue weighted by atomic mass is 11.0. The maximum atomic E-state index is 12.1. The maximum absolute atomic E-state index is 12.1. The first-order valence-corrected chi connectivity index (χ1v) is 5.37. The van der Waals surface area contributed by atoms with Crippen LogP contribution < -0.4 is 11.1 Å². The van der Waals surface area contributed by atoms with E-state index in [9.17, 15) is 4.57 Å². The molecule has 0 spiro atoms. The highest BCUT2D eigenvalue weighted by molar-refractivity contribution is 7.57. The van der Waals surface area contributed by atoms with Crippen LogP contribution in [0.5, 0.6) is 0 Å². The Morgan fingerprint density at radius 2 is 1.86 bits per heavy atom. The van der Waals surface area contributed by atoms with Crippen LogP contribution in [-0.2, 0) is 4.57 Å². The van der Waals surface area contributed by atoms with Gasteiger partial charge in [-0.05, 0) is 28.2 Å². The first-order chi connectivity index (χ1) is 6.34. The number of hydrogen-bond acceptors (Lipinski definition) is 2. The van der Waals surface area contributed by atoms with Crippen molar-refractivity contribution in [1.82, 2.24) is 14.7 Å². The average Bonchev–Trinajstić information content (AvgIpc) is 2.03. The number of rotatable bonds is 3. The molecule has 3 N–H and O–H groups in total. The van der Waals surface area contributed by atoms with Crippen LogP contribution in [0.1, 0.15) is 0 Å². The van der Waals surface area contributed by atoms with E-state index in [0.29, 0.717) is 0 Å². The van der Waals surface area contributed by atoms with Crippen molar-refractivity contribution in [3.05, 3.63) is 0 Å². The van der Waals surface area contributed by atoms with Gasteiger partial charge in [0.25, 0.3) is 0 Å². The maximum Gasteiger partial charge on any atom is 0.331 e. The predicted molar refractivity (Wildman–Crippen MR) is 55.4 cm³/mol. The van der Waals surface area contributed by atoms with E-state index in [-0.39, 0.29) is 5.96 Å². The van der Waals surface area contributed by atoms with Crippen LogP contribution in [-0.4, -0.2) is 43.5 Å². The van der Waals surface area contributed by atoms with Crippen molar-refractivity contribution in [2.24, 2.45) is 10.5 Å². The molecule has 0 aliphatic carbocycles. The number of nitriles is 1. The molecule has 0 atom stereocenters. The summed E-state index contributed by atoms with van der Waals surface area (Å²) >= 11 is 0. The zero-order valence-electron chi connectivity index (χ0n) is 8.72. The van der Waals surface area contributed by atoms with Crippen LogP contribution in [0.2, 0.25) is 0 Å². The van der Waals surface area contributed by atoms with E-state index in [2.05, 4.69) is 10.1 Å². The van der Waals surface area contributed by atoms with Gasteiger partial charge in [0, 0.05) is 0 Å². The van der Waals surface area contributed by atoms with E-state index in [4.69, 9.17) is 11.0 Å². The molecule has 0 saturated heterocycles. The molecule has 0 unspecified atom stereocenters. The minimum absolute atomic E-state index is 0.154. The van der Waals surface area contributed by atoms with E-state index in [1.165, 1.54) is 9.34 Å². The highest BCUT2D eigenvalue weighted by Crippen LogP contribution is 2.50. The van der Waals surface area contributed by atoms with Gasteiger partial charge in [-0.2, -0.15) is 10.0 Å². The van der Waals surface area contributed by atoms with Gasteiger partial charge in [0.2, 0.25) is 5.96 Å². The summed E-state index contributed by atoms with van der Waals surface area (Å²) < 4.78 is 18.8. The summed E-state index contributed by atoms with van der Waals surface area (Å²) in [4.78, 5) is 0. The Morgan fingerprint density at radius 1 is 1.43 bits per heavy atom. The van der Waals surface area contributed by atoms with Crippen LogP contribution in [0.15, 0.2) is 4.76 Å². The van der Waals surface area contributed by atoms with Crippen molar-refractivity contribution in [3.8, 4) is 6.19 Å². The molecule has 0 aromatic carbocycles. The van der Waals surface area contributed by atoms with Crippen molar-refractivity contribution >= 4 is 13.6 Å². The van der Waals surface area contributed by atoms with Gasteiger partial charge in [-0.1, -0.05) is 0 Å². The SMILES string of the molecule is CN(C)P(=O)(N=C(N)NC#N)N(C)C. The molecule has 0 saturated carbocycles. The first-order valence-electron chi connectivity index (χ1n) is 3.81. The molecular weight excluding hydrogens is 203 g/mol. The quantitative estimate of drug-likeness (QED) is 0.220. The lowest BCUT2D eigenvalue weighted by molar-refractivity contribution is 0.449. The van der Waals surface area contributed by atoms with Crippen LogP contribution in [0, 0.1) is 11.5 Å². The van der Waals surface area contributed by atoms with Crippen LogP contribution >= 0.6 is 7.59 Å². The largest absolute Gasteiger partial charge is 0.369 e. The Labute approximate surface area is 83.7 Å². The third-order valence-corrected chi connectivity index (χ3v) is 4.02. The summed E-state index contributed by atoms with van der Waals surface area (Å²) in [6.45, 7) is 0. The van der Waals surface area contributed by atoms with Crippen molar-refractivity contribution in [2.75, 3.05) is 28.2 Å². The van der Waals surface area contributed by atoms with Gasteiger partial charge < -0.3 is 5.73 Å². The fourth-order valence-electron chi connectivity index (χ4n) is 0.759. The summed E-state index contributed by atoms with van der Waals surface area (Å²) in [5.41, 5.74) is 5.34. The molecule has 0 aromatic rings. The molecule has 80 valence electrons. The Balaban J connectivity index is 4.99. The van der Waals surface area contributed by atoms with Crippen molar-refractivity contribution in [1.29, 1.82) is 5.26 Å². The molecule has 7 nitrogen and oxygen atoms in total. The van der Waals surface area contributed by atoms with Crippen LogP contribution in [0.4, 0.5) is 0 Å². The van der Waals surface area contributed by atoms with Crippen molar-refractivity contribution < 1.29 is 4.57 Å². The fourth-order valence-corrected chi connectivity index (χ4v) is 2.16. The predicted octanol–water partition coefficient (Wildman–Crippen LogP) is -0.397. The van der Waals surface area contributed by atoms with E-state index in [0.717, 1.165) is 0 Å². The third kappa shape index (κ3) is 3.00. The standard InChI is InChI=1S/C6H15N6OP/c1-11(2)14(13,12(3)4)10-6(8)9-5-7/h1-4H3,(H3,8,9,10,13). The van der Waals surface area contributed by atoms with Gasteiger partial charge in [-0.15, -0.1) is 0 Å². The minimum atomic E-state index is -3.03. The van der Waals surface area contributed by atoms with E-state index >= 15 is 0 Å². The highest BCUT2D eigenvalue weighted by atomic mass is 31.2. The van der Waals surface area contributed by atoms with Gasteiger partial charge in [0.1, 0.15) is 0 Å². The molecule has 0 fully saturated rings. The summed E-state index contributed by atoms with van der Waals surface area (Å²) in [6.07, 6.45) is 1.60. The van der Waals surface area contributed by atoms with E-state index in [1.54, 1.807) is 34.4 Å². The summed E-state index contributed by atoms with van der Waals surface area (Å²) in [7, 11) is 3.48. The fraction of sp³-hybridized carbons (Fsp3) is 0.667. The molecular formula is C6H15N6OP. The molecule has 0 amide bonds. The van der Waals surface area contributed by atoms with Gasteiger partial charge >= 0.3 is 7.59 Å². The Hall–Kier alpha value is -1.09. The Bertz CT molecular complexity index is 292. The average molecular weight is 218 g/mol. The summed E-state index contributed by atoms with van der Waals surface area (Å²) in [5.74, 6) is -0.154. The summed E-state index contributed by atoms with van der Waals surface area (Å²) in [5, 5.41) is 10.4. The molecule has 0 rings (SSSR count). The minimum Gasteiger partial charge on any atom is -0.369 e. The number of nitrogens with zero attached hydrogens (tertiary/aromatic N) is 4. The highest BCUT2D eigenvalue weighted by Gasteiger charge is 2.27. The zero-order valence-corrected chi connectivity index (χ0v) is 9.62. The topological polar surface area (TPSA) is 97.7 Å². The lowest BCUT2D eigenvalue weighted by Gasteiger charge is -2.26. The molecule has 0 radical (unpaired) electrons. The first kappa shape index (κ1) is 12.9. The monoisotopic (exact) mass is 218 g/mol. The smallest absolute Gasteiger partial charge is 0.331 e. The van der Waals surface area contributed by atoms with Gasteiger partial charge in [-0.3, -0.25) is 9.88 Å². The molecule has 0 aliphatic rings. The second kappa shape index (κ2) is 4.96. The lowest BCUT2D eigenvalue weighted by Crippen LogP contribution is -2.30. The van der Waals surface area contributed by atoms with Gasteiger partial charge in [-0.25, -0.2) is 9.34 Å². The van der Waals surface area contributed by atoms with E-state index in [1.807, 2.05) is 0 Å². The van der Waals surface area contributed by atoms with Gasteiger partial charge in [0.15, 0.2) is 6.19 Å². The number of nitrogens with two attached hydrogens (primary N) is 1. The third-order valence-electron chi connectivity index (χ3n) is 1.46. The molecule has 0 aliphatic heterocycles. The molecule has 8 heteroatoms. The zero-order chi connectivity index (χ0) is 11.4. The van der Waals surface area contributed by atoms with Crippen molar-refractivity contribution in [2.45, 2.75) is 0 Å². The van der Waals surface area contributed by atoms with Crippen LogP contribution in [0.25, 0.3) is 0 Å². The molecule has 0 bridgehead atoms. The van der Waals surface area contributed by atoms with Crippen LogP contribution in [0.3, 0.4) is 0 Å². The second-order valence-corrected chi connectivity index (χ2v) is 5.76. The van der Waals surface area contributed by atoms with E-state index < -0.39 is 7.59 Å².